The zero-order valence-electron chi connectivity index (χ0n) is 11.8. The second kappa shape index (κ2) is 6.61. The maximum atomic E-state index is 9.71. The van der Waals surface area contributed by atoms with Gasteiger partial charge < -0.3 is 15.9 Å². The number of nitrogens with zero attached hydrogens (tertiary/aromatic N) is 1. The van der Waals surface area contributed by atoms with Crippen molar-refractivity contribution in [1.29, 1.82) is 0 Å². The zero-order chi connectivity index (χ0) is 15.2. The van der Waals surface area contributed by atoms with Crippen LogP contribution < -0.4 is 5.73 Å². The van der Waals surface area contributed by atoms with Gasteiger partial charge in [-0.3, -0.25) is 4.99 Å². The summed E-state index contributed by atoms with van der Waals surface area (Å²) in [5.74, 6) is 0.356. The van der Waals surface area contributed by atoms with Gasteiger partial charge in [0.1, 0.15) is 11.5 Å². The minimum atomic E-state index is -0.260. The molecule has 0 heterocycles. The molecule has 1 atom stereocenters. The van der Waals surface area contributed by atoms with Crippen molar-refractivity contribution < 1.29 is 10.2 Å². The Labute approximate surface area is 123 Å². The van der Waals surface area contributed by atoms with Gasteiger partial charge in [-0.15, -0.1) is 0 Å². The molecule has 0 aromatic heterocycles. The molecular weight excluding hydrogens is 264 g/mol. The normalized spacial score (nSPS) is 13.5. The van der Waals surface area contributed by atoms with E-state index >= 15 is 0 Å². The molecule has 0 aliphatic rings. The van der Waals surface area contributed by atoms with Crippen molar-refractivity contribution >= 4 is 12.3 Å². The summed E-state index contributed by atoms with van der Waals surface area (Å²) in [7, 11) is 0. The summed E-state index contributed by atoms with van der Waals surface area (Å²) in [4.78, 5) is 4.32. The molecule has 0 spiro atoms. The molecule has 0 aliphatic heterocycles. The maximum Gasteiger partial charge on any atom is 0.124 e. The van der Waals surface area contributed by atoms with Crippen molar-refractivity contribution in [3.05, 3.63) is 65.4 Å². The van der Waals surface area contributed by atoms with E-state index in [0.29, 0.717) is 16.8 Å². The fourth-order valence-electron chi connectivity index (χ4n) is 1.78. The first-order valence-electron chi connectivity index (χ1n) is 6.64. The molecule has 0 aliphatic carbocycles. The molecule has 108 valence electrons. The van der Waals surface area contributed by atoms with Crippen LogP contribution in [-0.4, -0.2) is 22.5 Å². The molecule has 21 heavy (non-hydrogen) atoms. The average Bonchev–Trinajstić information content (AvgIpc) is 2.48. The van der Waals surface area contributed by atoms with Crippen LogP contribution in [0.2, 0.25) is 0 Å². The molecule has 4 nitrogen and oxygen atoms in total. The zero-order valence-corrected chi connectivity index (χ0v) is 11.8. The minimum absolute atomic E-state index is 0.178. The highest BCUT2D eigenvalue weighted by atomic mass is 16.3. The van der Waals surface area contributed by atoms with Gasteiger partial charge in [0.05, 0.1) is 6.04 Å². The predicted molar refractivity (Wildman–Crippen MR) is 85.4 cm³/mol. The van der Waals surface area contributed by atoms with Gasteiger partial charge in [-0.1, -0.05) is 30.3 Å². The van der Waals surface area contributed by atoms with Crippen LogP contribution in [0.15, 0.2) is 59.2 Å². The number of rotatable bonds is 4. The molecule has 1 unspecified atom stereocenters. The van der Waals surface area contributed by atoms with E-state index in [-0.39, 0.29) is 17.5 Å². The molecule has 2 aromatic carbocycles. The fourth-order valence-corrected chi connectivity index (χ4v) is 1.78. The molecule has 2 rings (SSSR count). The largest absolute Gasteiger partial charge is 0.507 e. The third-order valence-corrected chi connectivity index (χ3v) is 3.12. The molecule has 0 amide bonds. The lowest BCUT2D eigenvalue weighted by molar-refractivity contribution is 0.473. The summed E-state index contributed by atoms with van der Waals surface area (Å²) in [5, 5.41) is 19.4. The lowest BCUT2D eigenvalue weighted by Gasteiger charge is -2.08. The number of nitrogens with two attached hydrogens (primary N) is 1. The Bertz CT molecular complexity index is 678. The molecule has 0 fully saturated rings. The van der Waals surface area contributed by atoms with Crippen LogP contribution in [0.25, 0.3) is 6.08 Å². The van der Waals surface area contributed by atoms with Gasteiger partial charge in [0.15, 0.2) is 0 Å². The van der Waals surface area contributed by atoms with E-state index in [0.717, 1.165) is 0 Å². The van der Waals surface area contributed by atoms with E-state index in [4.69, 9.17) is 5.73 Å². The lowest BCUT2D eigenvalue weighted by Crippen LogP contribution is -2.12. The van der Waals surface area contributed by atoms with Crippen molar-refractivity contribution in [3.63, 3.8) is 0 Å². The van der Waals surface area contributed by atoms with Crippen molar-refractivity contribution in [3.8, 4) is 11.5 Å². The van der Waals surface area contributed by atoms with E-state index in [2.05, 4.69) is 4.99 Å². The highest BCUT2D eigenvalue weighted by molar-refractivity contribution is 5.83. The summed E-state index contributed by atoms with van der Waals surface area (Å²) < 4.78 is 0. The highest BCUT2D eigenvalue weighted by Crippen LogP contribution is 2.19. The van der Waals surface area contributed by atoms with Crippen LogP contribution >= 0.6 is 0 Å². The predicted octanol–water partition coefficient (Wildman–Crippen LogP) is 2.91. The van der Waals surface area contributed by atoms with Crippen LogP contribution in [-0.2, 0) is 0 Å². The number of phenolic OH excluding ortho intramolecular Hbond substituents is 2. The Balaban J connectivity index is 2.15. The Morgan fingerprint density at radius 1 is 1.00 bits per heavy atom. The first-order valence-corrected chi connectivity index (χ1v) is 6.64. The van der Waals surface area contributed by atoms with Gasteiger partial charge in [0, 0.05) is 23.0 Å². The SMILES string of the molecule is CC(N=Cc1ccccc1O)C(N)=Cc1ccccc1O. The van der Waals surface area contributed by atoms with Crippen LogP contribution in [0.5, 0.6) is 11.5 Å². The molecule has 0 saturated carbocycles. The monoisotopic (exact) mass is 282 g/mol. The summed E-state index contributed by atoms with van der Waals surface area (Å²) >= 11 is 0. The van der Waals surface area contributed by atoms with Gasteiger partial charge in [-0.25, -0.2) is 0 Å². The van der Waals surface area contributed by atoms with Crippen LogP contribution in [0.4, 0.5) is 0 Å². The smallest absolute Gasteiger partial charge is 0.124 e. The number of hydrogen-bond donors (Lipinski definition) is 3. The first kappa shape index (κ1) is 14.7. The van der Waals surface area contributed by atoms with Crippen molar-refractivity contribution in [2.75, 3.05) is 0 Å². The van der Waals surface area contributed by atoms with E-state index < -0.39 is 0 Å². The first-order chi connectivity index (χ1) is 10.1. The van der Waals surface area contributed by atoms with E-state index in [1.807, 2.05) is 19.1 Å². The highest BCUT2D eigenvalue weighted by Gasteiger charge is 2.04. The molecule has 0 bridgehead atoms. The Morgan fingerprint density at radius 3 is 2.10 bits per heavy atom. The summed E-state index contributed by atoms with van der Waals surface area (Å²) in [6, 6.07) is 13.7. The molecule has 0 saturated heterocycles. The molecule has 0 radical (unpaired) electrons. The third kappa shape index (κ3) is 3.86. The number of aliphatic imine (C=N–C) groups is 1. The molecule has 2 aromatic rings. The van der Waals surface area contributed by atoms with Crippen molar-refractivity contribution in [2.45, 2.75) is 13.0 Å². The molecular formula is C17H18N2O2. The van der Waals surface area contributed by atoms with Gasteiger partial charge in [-0.05, 0) is 31.2 Å². The quantitative estimate of drug-likeness (QED) is 0.754. The average molecular weight is 282 g/mol. The van der Waals surface area contributed by atoms with E-state index in [1.165, 1.54) is 0 Å². The second-order valence-corrected chi connectivity index (χ2v) is 4.72. The third-order valence-electron chi connectivity index (χ3n) is 3.12. The Kier molecular flexibility index (Phi) is 4.61. The van der Waals surface area contributed by atoms with Crippen LogP contribution in [0, 0.1) is 0 Å². The van der Waals surface area contributed by atoms with Gasteiger partial charge in [0.25, 0.3) is 0 Å². The standard InChI is InChI=1S/C17H18N2O2/c1-12(19-11-14-7-3-5-9-17(14)21)15(18)10-13-6-2-4-8-16(13)20/h2-12,20-21H,18H2,1H3. The molecule has 4 N–H and O–H groups in total. The van der Waals surface area contributed by atoms with Gasteiger partial charge in [-0.2, -0.15) is 0 Å². The number of benzene rings is 2. The summed E-state index contributed by atoms with van der Waals surface area (Å²) in [6.45, 7) is 1.85. The van der Waals surface area contributed by atoms with Gasteiger partial charge in [0.2, 0.25) is 0 Å². The fraction of sp³-hybridized carbons (Fsp3) is 0.118. The topological polar surface area (TPSA) is 78.8 Å². The molecule has 4 heteroatoms. The summed E-state index contributed by atoms with van der Waals surface area (Å²) in [6.07, 6.45) is 3.29. The maximum absolute atomic E-state index is 9.71. The van der Waals surface area contributed by atoms with Crippen LogP contribution in [0.1, 0.15) is 18.1 Å². The number of para-hydroxylation sites is 2. The number of hydrogen-bond acceptors (Lipinski definition) is 4. The minimum Gasteiger partial charge on any atom is -0.507 e. The lowest BCUT2D eigenvalue weighted by atomic mass is 10.1. The van der Waals surface area contributed by atoms with Gasteiger partial charge >= 0.3 is 0 Å². The Hall–Kier alpha value is -2.75. The van der Waals surface area contributed by atoms with E-state index in [1.54, 1.807) is 48.7 Å². The summed E-state index contributed by atoms with van der Waals surface area (Å²) in [5.41, 5.74) is 7.82. The Morgan fingerprint density at radius 2 is 1.52 bits per heavy atom. The number of phenols is 2. The number of aromatic hydroxyl groups is 2. The van der Waals surface area contributed by atoms with E-state index in [9.17, 15) is 10.2 Å². The van der Waals surface area contributed by atoms with Crippen molar-refractivity contribution in [1.82, 2.24) is 0 Å². The van der Waals surface area contributed by atoms with Crippen molar-refractivity contribution in [2.24, 2.45) is 10.7 Å². The van der Waals surface area contributed by atoms with Crippen LogP contribution in [0.3, 0.4) is 0 Å². The second-order valence-electron chi connectivity index (χ2n) is 4.72.